The summed E-state index contributed by atoms with van der Waals surface area (Å²) in [6.07, 6.45) is 9.83. The van der Waals surface area contributed by atoms with Crippen LogP contribution in [0.2, 0.25) is 0 Å². The summed E-state index contributed by atoms with van der Waals surface area (Å²) in [4.78, 5) is 36.3. The fraction of sp³-hybridized carbons (Fsp3) is 0.464. The normalized spacial score (nSPS) is 10.9. The number of benzene rings is 1. The Bertz CT molecular complexity index is 1020. The quantitative estimate of drug-likeness (QED) is 0.150. The molecular weight excluding hydrogens is 444 g/mol. The molecule has 2 rings (SSSR count). The molecule has 7 nitrogen and oxygen atoms in total. The Balaban J connectivity index is 1.87. The van der Waals surface area contributed by atoms with Crippen LogP contribution in [-0.4, -0.2) is 18.5 Å². The SMILES string of the molecule is CCCCCCCCCC(=O)Oc1ccc(N=Nc2ccc(C(=O)OCCCC)cc2)ccc1=O. The van der Waals surface area contributed by atoms with Crippen LogP contribution in [0.3, 0.4) is 0 Å². The first-order valence-electron chi connectivity index (χ1n) is 12.6. The second kappa shape index (κ2) is 16.3. The van der Waals surface area contributed by atoms with Crippen molar-refractivity contribution in [3.8, 4) is 5.75 Å². The zero-order valence-corrected chi connectivity index (χ0v) is 20.8. The van der Waals surface area contributed by atoms with Crippen molar-refractivity contribution in [2.24, 2.45) is 10.2 Å². The molecule has 0 spiro atoms. The van der Waals surface area contributed by atoms with Gasteiger partial charge < -0.3 is 9.47 Å². The number of hydrogen-bond donors (Lipinski definition) is 0. The van der Waals surface area contributed by atoms with E-state index in [0.29, 0.717) is 30.0 Å². The minimum atomic E-state index is -0.404. The number of azo groups is 1. The molecule has 7 heteroatoms. The molecule has 0 unspecified atom stereocenters. The molecule has 0 saturated carbocycles. The Morgan fingerprint density at radius 1 is 0.714 bits per heavy atom. The fourth-order valence-corrected chi connectivity index (χ4v) is 3.27. The van der Waals surface area contributed by atoms with Crippen molar-refractivity contribution in [3.63, 3.8) is 0 Å². The van der Waals surface area contributed by atoms with Crippen molar-refractivity contribution >= 4 is 23.3 Å². The van der Waals surface area contributed by atoms with Crippen molar-refractivity contribution in [1.29, 1.82) is 0 Å². The smallest absolute Gasteiger partial charge is 0.338 e. The van der Waals surface area contributed by atoms with Gasteiger partial charge in [0.1, 0.15) is 0 Å². The number of esters is 2. The summed E-state index contributed by atoms with van der Waals surface area (Å²) in [5.41, 5.74) is 1.03. The summed E-state index contributed by atoms with van der Waals surface area (Å²) >= 11 is 0. The fourth-order valence-electron chi connectivity index (χ4n) is 3.27. The Labute approximate surface area is 207 Å². The maximum Gasteiger partial charge on any atom is 0.338 e. The molecule has 0 aromatic heterocycles. The van der Waals surface area contributed by atoms with Gasteiger partial charge in [-0.3, -0.25) is 9.59 Å². The highest BCUT2D eigenvalue weighted by atomic mass is 16.5. The van der Waals surface area contributed by atoms with Gasteiger partial charge in [0.15, 0.2) is 5.75 Å². The summed E-state index contributed by atoms with van der Waals surface area (Å²) in [7, 11) is 0. The molecule has 0 heterocycles. The van der Waals surface area contributed by atoms with E-state index in [0.717, 1.165) is 32.1 Å². The first-order valence-corrected chi connectivity index (χ1v) is 12.6. The van der Waals surface area contributed by atoms with Crippen LogP contribution in [0.25, 0.3) is 0 Å². The summed E-state index contributed by atoms with van der Waals surface area (Å²) in [5, 5.41) is 8.27. The first-order chi connectivity index (χ1) is 17.0. The summed E-state index contributed by atoms with van der Waals surface area (Å²) in [6, 6.07) is 12.4. The lowest BCUT2D eigenvalue weighted by Crippen LogP contribution is -2.12. The van der Waals surface area contributed by atoms with E-state index in [1.54, 1.807) is 30.3 Å². The minimum Gasteiger partial charge on any atom is -0.462 e. The van der Waals surface area contributed by atoms with Crippen molar-refractivity contribution < 1.29 is 19.1 Å². The van der Waals surface area contributed by atoms with Crippen LogP contribution in [0.4, 0.5) is 11.4 Å². The second-order valence-electron chi connectivity index (χ2n) is 8.40. The molecule has 0 saturated heterocycles. The molecule has 0 aliphatic heterocycles. The largest absolute Gasteiger partial charge is 0.462 e. The van der Waals surface area contributed by atoms with Gasteiger partial charge >= 0.3 is 11.9 Å². The molecule has 0 radical (unpaired) electrons. The van der Waals surface area contributed by atoms with Crippen LogP contribution in [0.15, 0.2) is 63.6 Å². The van der Waals surface area contributed by atoms with Crippen molar-refractivity contribution in [2.75, 3.05) is 6.61 Å². The molecule has 2 aromatic rings. The van der Waals surface area contributed by atoms with E-state index >= 15 is 0 Å². The molecule has 0 amide bonds. The predicted octanol–water partition coefficient (Wildman–Crippen LogP) is 7.47. The minimum absolute atomic E-state index is 0.0228. The number of carbonyl (C=O) groups is 2. The van der Waals surface area contributed by atoms with E-state index in [1.807, 2.05) is 6.92 Å². The van der Waals surface area contributed by atoms with Gasteiger partial charge in [-0.2, -0.15) is 10.2 Å². The van der Waals surface area contributed by atoms with Gasteiger partial charge in [0.2, 0.25) is 5.43 Å². The molecule has 0 N–H and O–H groups in total. The van der Waals surface area contributed by atoms with Crippen molar-refractivity contribution in [3.05, 3.63) is 64.3 Å². The number of hydrogen-bond acceptors (Lipinski definition) is 7. The summed E-state index contributed by atoms with van der Waals surface area (Å²) < 4.78 is 10.5. The maximum absolute atomic E-state index is 12.3. The molecule has 0 aliphatic carbocycles. The molecule has 35 heavy (non-hydrogen) atoms. The van der Waals surface area contributed by atoms with E-state index in [9.17, 15) is 14.4 Å². The monoisotopic (exact) mass is 480 g/mol. The molecular formula is C28H36N2O5. The highest BCUT2D eigenvalue weighted by molar-refractivity contribution is 5.89. The molecule has 0 atom stereocenters. The van der Waals surface area contributed by atoms with Gasteiger partial charge in [0.25, 0.3) is 0 Å². The predicted molar refractivity (Wildman–Crippen MR) is 137 cm³/mol. The van der Waals surface area contributed by atoms with Crippen LogP contribution in [0, 0.1) is 0 Å². The Morgan fingerprint density at radius 2 is 1.29 bits per heavy atom. The number of unbranched alkanes of at least 4 members (excludes halogenated alkanes) is 7. The molecule has 188 valence electrons. The maximum atomic E-state index is 12.3. The topological polar surface area (TPSA) is 94.4 Å². The van der Waals surface area contributed by atoms with Crippen LogP contribution in [0.5, 0.6) is 5.75 Å². The van der Waals surface area contributed by atoms with E-state index in [1.165, 1.54) is 43.9 Å². The van der Waals surface area contributed by atoms with Crippen LogP contribution in [-0.2, 0) is 9.53 Å². The Hall–Kier alpha value is -3.35. The molecule has 0 aliphatic rings. The van der Waals surface area contributed by atoms with Crippen LogP contribution in [0.1, 0.15) is 88.4 Å². The Morgan fingerprint density at radius 3 is 1.94 bits per heavy atom. The third kappa shape index (κ3) is 11.1. The number of rotatable bonds is 15. The Kier molecular flexibility index (Phi) is 13.0. The number of ether oxygens (including phenoxy) is 2. The zero-order valence-electron chi connectivity index (χ0n) is 20.8. The average Bonchev–Trinajstić information content (AvgIpc) is 3.03. The molecule has 0 bridgehead atoms. The van der Waals surface area contributed by atoms with Crippen LogP contribution >= 0.6 is 0 Å². The molecule has 2 aromatic carbocycles. The lowest BCUT2D eigenvalue weighted by molar-refractivity contribution is -0.134. The summed E-state index contributed by atoms with van der Waals surface area (Å²) in [5.74, 6) is -0.794. The third-order valence-corrected chi connectivity index (χ3v) is 5.38. The molecule has 0 fully saturated rings. The highest BCUT2D eigenvalue weighted by Gasteiger charge is 2.08. The van der Waals surface area contributed by atoms with Gasteiger partial charge in [0, 0.05) is 6.42 Å². The van der Waals surface area contributed by atoms with E-state index in [-0.39, 0.29) is 11.7 Å². The second-order valence-corrected chi connectivity index (χ2v) is 8.40. The van der Waals surface area contributed by atoms with Gasteiger partial charge in [0.05, 0.1) is 23.5 Å². The lowest BCUT2D eigenvalue weighted by Gasteiger charge is -2.03. The van der Waals surface area contributed by atoms with E-state index < -0.39 is 11.4 Å². The van der Waals surface area contributed by atoms with E-state index in [4.69, 9.17) is 9.47 Å². The first kappa shape index (κ1) is 27.9. The van der Waals surface area contributed by atoms with Crippen LogP contribution < -0.4 is 10.2 Å². The van der Waals surface area contributed by atoms with E-state index in [2.05, 4.69) is 17.2 Å². The van der Waals surface area contributed by atoms with Gasteiger partial charge in [-0.1, -0.05) is 58.8 Å². The highest BCUT2D eigenvalue weighted by Crippen LogP contribution is 2.19. The van der Waals surface area contributed by atoms with Crippen molar-refractivity contribution in [2.45, 2.75) is 78.1 Å². The third-order valence-electron chi connectivity index (χ3n) is 5.38. The summed E-state index contributed by atoms with van der Waals surface area (Å²) in [6.45, 7) is 4.62. The standard InChI is InChI=1S/C28H36N2O5/c1-3-5-7-8-9-10-11-12-27(32)35-26-20-18-24(17-19-25(26)31)30-29-23-15-13-22(14-16-23)28(33)34-21-6-4-2/h13-20H,3-12,21H2,1-2H3. The van der Waals surface area contributed by atoms with Crippen molar-refractivity contribution in [1.82, 2.24) is 0 Å². The van der Waals surface area contributed by atoms with Gasteiger partial charge in [-0.05, 0) is 61.4 Å². The zero-order chi connectivity index (χ0) is 25.3. The lowest BCUT2D eigenvalue weighted by atomic mass is 10.1. The number of carbonyl (C=O) groups excluding carboxylic acids is 2. The average molecular weight is 481 g/mol. The number of nitrogens with zero attached hydrogens (tertiary/aromatic N) is 2. The van der Waals surface area contributed by atoms with Gasteiger partial charge in [-0.25, -0.2) is 4.79 Å². The van der Waals surface area contributed by atoms with Gasteiger partial charge in [-0.15, -0.1) is 0 Å².